The third-order valence-corrected chi connectivity index (χ3v) is 5.33. The monoisotopic (exact) mass is 369 g/mol. The molecule has 1 fully saturated rings. The van der Waals surface area contributed by atoms with Gasteiger partial charge in [0.1, 0.15) is 12.1 Å². The second-order valence-corrected chi connectivity index (χ2v) is 7.20. The van der Waals surface area contributed by atoms with E-state index in [1.807, 2.05) is 19.2 Å². The van der Waals surface area contributed by atoms with Gasteiger partial charge in [-0.05, 0) is 32.3 Å². The van der Waals surface area contributed by atoms with Gasteiger partial charge in [-0.2, -0.15) is 0 Å². The molecule has 1 aromatic carbocycles. The number of nitrogens with zero attached hydrogens (tertiary/aromatic N) is 5. The van der Waals surface area contributed by atoms with Crippen LogP contribution in [-0.2, 0) is 6.42 Å². The Hall–Kier alpha value is -2.70. The van der Waals surface area contributed by atoms with Crippen molar-refractivity contribution in [2.24, 2.45) is 0 Å². The van der Waals surface area contributed by atoms with Gasteiger partial charge in [-0.3, -0.25) is 10.1 Å². The summed E-state index contributed by atoms with van der Waals surface area (Å²) >= 11 is 0. The van der Waals surface area contributed by atoms with Crippen LogP contribution >= 0.6 is 0 Å². The van der Waals surface area contributed by atoms with Crippen molar-refractivity contribution in [2.45, 2.75) is 45.6 Å². The predicted molar refractivity (Wildman–Crippen MR) is 107 cm³/mol. The van der Waals surface area contributed by atoms with Crippen LogP contribution in [0, 0.1) is 17.0 Å². The predicted octanol–water partition coefficient (Wildman–Crippen LogP) is 3.75. The Bertz CT molecular complexity index is 811. The lowest BCUT2D eigenvalue weighted by Gasteiger charge is -2.27. The Kier molecular flexibility index (Phi) is 5.88. The summed E-state index contributed by atoms with van der Waals surface area (Å²) in [6.07, 6.45) is 5.91. The van der Waals surface area contributed by atoms with E-state index in [0.29, 0.717) is 11.6 Å². The molecule has 27 heavy (non-hydrogen) atoms. The smallest absolute Gasteiger partial charge is 0.274 e. The van der Waals surface area contributed by atoms with E-state index in [-0.39, 0.29) is 10.6 Å². The fourth-order valence-corrected chi connectivity index (χ4v) is 3.54. The van der Waals surface area contributed by atoms with Gasteiger partial charge in [-0.1, -0.05) is 19.4 Å². The maximum absolute atomic E-state index is 11.2. The maximum atomic E-state index is 11.2. The molecule has 7 nitrogen and oxygen atoms in total. The summed E-state index contributed by atoms with van der Waals surface area (Å²) < 4.78 is 0. The molecular formula is C20H27N5O2. The number of rotatable bonds is 7. The second kappa shape index (κ2) is 8.33. The van der Waals surface area contributed by atoms with E-state index in [1.165, 1.54) is 0 Å². The van der Waals surface area contributed by atoms with Crippen LogP contribution in [0.15, 0.2) is 30.6 Å². The van der Waals surface area contributed by atoms with Crippen LogP contribution < -0.4 is 9.80 Å². The van der Waals surface area contributed by atoms with Gasteiger partial charge in [0.15, 0.2) is 0 Å². The van der Waals surface area contributed by atoms with Crippen molar-refractivity contribution >= 4 is 17.2 Å². The quantitative estimate of drug-likeness (QED) is 0.546. The lowest BCUT2D eigenvalue weighted by atomic mass is 10.1. The Morgan fingerprint density at radius 3 is 2.89 bits per heavy atom. The zero-order valence-electron chi connectivity index (χ0n) is 16.3. The van der Waals surface area contributed by atoms with E-state index in [4.69, 9.17) is 0 Å². The van der Waals surface area contributed by atoms with Gasteiger partial charge in [-0.15, -0.1) is 0 Å². The number of likely N-dealkylation sites (N-methyl/N-ethyl adjacent to an activating group) is 1. The fraction of sp³-hybridized carbons (Fsp3) is 0.500. The van der Waals surface area contributed by atoms with E-state index < -0.39 is 0 Å². The number of aromatic nitrogens is 2. The molecule has 2 heterocycles. The fourth-order valence-electron chi connectivity index (χ4n) is 3.54. The highest BCUT2D eigenvalue weighted by molar-refractivity contribution is 5.57. The molecule has 0 radical (unpaired) electrons. The molecule has 1 aliphatic rings. The normalized spacial score (nSPS) is 16.6. The highest BCUT2D eigenvalue weighted by atomic mass is 16.6. The Balaban J connectivity index is 1.70. The molecule has 0 unspecified atom stereocenters. The van der Waals surface area contributed by atoms with Gasteiger partial charge in [-0.25, -0.2) is 9.97 Å². The first-order valence-electron chi connectivity index (χ1n) is 9.53. The maximum Gasteiger partial charge on any atom is 0.274 e. The largest absolute Gasteiger partial charge is 0.370 e. The van der Waals surface area contributed by atoms with Gasteiger partial charge in [0.25, 0.3) is 5.69 Å². The number of nitro groups is 1. The zero-order chi connectivity index (χ0) is 19.4. The molecule has 0 amide bonds. The lowest BCUT2D eigenvalue weighted by Crippen LogP contribution is -2.34. The number of nitro benzene ring substituents is 1. The van der Waals surface area contributed by atoms with Crippen molar-refractivity contribution < 1.29 is 4.92 Å². The van der Waals surface area contributed by atoms with Gasteiger partial charge in [0, 0.05) is 55.3 Å². The van der Waals surface area contributed by atoms with Crippen molar-refractivity contribution in [3.63, 3.8) is 0 Å². The SMILES string of the molecule is CCCCc1cc(N2CC[C@H](N(C)c3ccc(C)c([N+](=O)[O-])c3)C2)ncn1. The van der Waals surface area contributed by atoms with Crippen molar-refractivity contribution in [1.29, 1.82) is 0 Å². The molecule has 1 aromatic heterocycles. The Labute approximate surface area is 160 Å². The average Bonchev–Trinajstić information content (AvgIpc) is 3.16. The lowest BCUT2D eigenvalue weighted by molar-refractivity contribution is -0.385. The van der Waals surface area contributed by atoms with E-state index >= 15 is 0 Å². The standard InChI is InChI=1S/C20H27N5O2/c1-4-5-6-16-11-20(22-14-21-16)24-10-9-18(13-24)23(3)17-8-7-15(2)19(12-17)25(26)27/h7-8,11-12,14,18H,4-6,9-10,13H2,1-3H3/t18-/m0/s1. The molecule has 1 aliphatic heterocycles. The van der Waals surface area contributed by atoms with Crippen LogP contribution in [0.25, 0.3) is 0 Å². The Morgan fingerprint density at radius 2 is 2.15 bits per heavy atom. The molecule has 0 saturated carbocycles. The number of unbranched alkanes of at least 4 members (excludes halogenated alkanes) is 1. The summed E-state index contributed by atoms with van der Waals surface area (Å²) in [7, 11) is 2.01. The van der Waals surface area contributed by atoms with Crippen LogP contribution in [0.5, 0.6) is 0 Å². The van der Waals surface area contributed by atoms with Crippen LogP contribution in [0.4, 0.5) is 17.2 Å². The van der Waals surface area contributed by atoms with Crippen molar-refractivity contribution in [1.82, 2.24) is 9.97 Å². The minimum Gasteiger partial charge on any atom is -0.370 e. The van der Waals surface area contributed by atoms with Crippen molar-refractivity contribution in [2.75, 3.05) is 29.9 Å². The minimum absolute atomic E-state index is 0.172. The van der Waals surface area contributed by atoms with E-state index in [2.05, 4.69) is 32.8 Å². The summed E-state index contributed by atoms with van der Waals surface area (Å²) in [6.45, 7) is 5.72. The summed E-state index contributed by atoms with van der Waals surface area (Å²) in [5.41, 5.74) is 2.83. The number of aryl methyl sites for hydroxylation is 2. The minimum atomic E-state index is -0.313. The number of benzene rings is 1. The summed E-state index contributed by atoms with van der Waals surface area (Å²) in [5.74, 6) is 0.974. The molecule has 0 aliphatic carbocycles. The van der Waals surface area contributed by atoms with Gasteiger partial charge < -0.3 is 9.80 Å². The molecule has 7 heteroatoms. The van der Waals surface area contributed by atoms with Crippen LogP contribution in [0.1, 0.15) is 37.4 Å². The summed E-state index contributed by atoms with van der Waals surface area (Å²) in [4.78, 5) is 24.2. The molecule has 1 atom stereocenters. The van der Waals surface area contributed by atoms with Crippen molar-refractivity contribution in [3.05, 3.63) is 52.0 Å². The third kappa shape index (κ3) is 4.35. The molecular weight excluding hydrogens is 342 g/mol. The first-order valence-corrected chi connectivity index (χ1v) is 9.53. The molecule has 2 aromatic rings. The molecule has 0 bridgehead atoms. The van der Waals surface area contributed by atoms with Gasteiger partial charge in [0.05, 0.1) is 4.92 Å². The van der Waals surface area contributed by atoms with Crippen LogP contribution in [0.2, 0.25) is 0 Å². The Morgan fingerprint density at radius 1 is 1.33 bits per heavy atom. The van der Waals surface area contributed by atoms with Gasteiger partial charge in [0.2, 0.25) is 0 Å². The number of hydrogen-bond donors (Lipinski definition) is 0. The topological polar surface area (TPSA) is 75.4 Å². The molecule has 0 N–H and O–H groups in total. The number of anilines is 2. The first-order chi connectivity index (χ1) is 13.0. The molecule has 3 rings (SSSR count). The van der Waals surface area contributed by atoms with Crippen LogP contribution in [-0.4, -0.2) is 41.1 Å². The van der Waals surface area contributed by atoms with Crippen molar-refractivity contribution in [3.8, 4) is 0 Å². The van der Waals surface area contributed by atoms with Crippen LogP contribution in [0.3, 0.4) is 0 Å². The highest BCUT2D eigenvalue weighted by Crippen LogP contribution is 2.29. The third-order valence-electron chi connectivity index (χ3n) is 5.33. The highest BCUT2D eigenvalue weighted by Gasteiger charge is 2.28. The number of hydrogen-bond acceptors (Lipinski definition) is 6. The molecule has 0 spiro atoms. The summed E-state index contributed by atoms with van der Waals surface area (Å²) in [6, 6.07) is 7.83. The van der Waals surface area contributed by atoms with E-state index in [9.17, 15) is 10.1 Å². The van der Waals surface area contributed by atoms with E-state index in [1.54, 1.807) is 19.3 Å². The molecule has 1 saturated heterocycles. The molecule has 144 valence electrons. The van der Waals surface area contributed by atoms with E-state index in [0.717, 1.165) is 56.0 Å². The van der Waals surface area contributed by atoms with Gasteiger partial charge >= 0.3 is 0 Å². The average molecular weight is 369 g/mol. The zero-order valence-corrected chi connectivity index (χ0v) is 16.3. The summed E-state index contributed by atoms with van der Waals surface area (Å²) in [5, 5.41) is 11.2. The second-order valence-electron chi connectivity index (χ2n) is 7.20. The first kappa shape index (κ1) is 19.1.